The van der Waals surface area contributed by atoms with Crippen molar-refractivity contribution in [2.24, 2.45) is 0 Å². The van der Waals surface area contributed by atoms with Gasteiger partial charge in [-0.1, -0.05) is 27.5 Å². The summed E-state index contributed by atoms with van der Waals surface area (Å²) in [7, 11) is 1.54. The lowest BCUT2D eigenvalue weighted by Crippen LogP contribution is -2.13. The normalized spacial score (nSPS) is 10.1. The predicted octanol–water partition coefficient (Wildman–Crippen LogP) is 3.76. The molecule has 98 valence electrons. The third kappa shape index (κ3) is 3.24. The Kier molecular flexibility index (Phi) is 4.39. The van der Waals surface area contributed by atoms with Crippen molar-refractivity contribution in [3.63, 3.8) is 0 Å². The summed E-state index contributed by atoms with van der Waals surface area (Å²) in [5.41, 5.74) is 0.869. The summed E-state index contributed by atoms with van der Waals surface area (Å²) in [5, 5.41) is 2.90. The molecule has 0 fully saturated rings. The van der Waals surface area contributed by atoms with Gasteiger partial charge in [0.25, 0.3) is 5.91 Å². The van der Waals surface area contributed by atoms with Crippen molar-refractivity contribution in [1.82, 2.24) is 4.98 Å². The van der Waals surface area contributed by atoms with Crippen molar-refractivity contribution in [1.29, 1.82) is 0 Å². The number of carbonyl (C=O) groups excluding carboxylic acids is 1. The number of aromatic nitrogens is 1. The number of hydrogen-bond donors (Lipinski definition) is 1. The largest absolute Gasteiger partial charge is 0.495 e. The fourth-order valence-electron chi connectivity index (χ4n) is 1.52. The topological polar surface area (TPSA) is 51.2 Å². The minimum Gasteiger partial charge on any atom is -0.495 e. The maximum Gasteiger partial charge on any atom is 0.258 e. The fourth-order valence-corrected chi connectivity index (χ4v) is 2.09. The van der Waals surface area contributed by atoms with Crippen LogP contribution < -0.4 is 10.1 Å². The first-order chi connectivity index (χ1) is 9.11. The standard InChI is InChI=1S/C13H10BrClN2O2/c1-19-11-5-4-8(14)7-10(11)17-13(18)9-3-2-6-16-12(9)15/h2-7H,1H3,(H,17,18). The highest BCUT2D eigenvalue weighted by atomic mass is 79.9. The van der Waals surface area contributed by atoms with Gasteiger partial charge in [-0.3, -0.25) is 4.79 Å². The van der Waals surface area contributed by atoms with Crippen LogP contribution in [0.2, 0.25) is 5.15 Å². The molecule has 0 saturated carbocycles. The zero-order chi connectivity index (χ0) is 13.8. The number of nitrogens with zero attached hydrogens (tertiary/aromatic N) is 1. The SMILES string of the molecule is COc1ccc(Br)cc1NC(=O)c1cccnc1Cl. The van der Waals surface area contributed by atoms with E-state index in [1.807, 2.05) is 6.07 Å². The molecule has 1 aromatic carbocycles. The van der Waals surface area contributed by atoms with Crippen molar-refractivity contribution in [2.45, 2.75) is 0 Å². The molecule has 1 amide bonds. The van der Waals surface area contributed by atoms with Crippen LogP contribution in [0.15, 0.2) is 41.0 Å². The van der Waals surface area contributed by atoms with E-state index in [2.05, 4.69) is 26.2 Å². The Labute approximate surface area is 123 Å². The summed E-state index contributed by atoms with van der Waals surface area (Å²) in [4.78, 5) is 16.0. The van der Waals surface area contributed by atoms with E-state index in [1.165, 1.54) is 13.3 Å². The third-order valence-corrected chi connectivity index (χ3v) is 3.21. The van der Waals surface area contributed by atoms with Crippen LogP contribution in [0.3, 0.4) is 0 Å². The maximum atomic E-state index is 12.1. The van der Waals surface area contributed by atoms with E-state index >= 15 is 0 Å². The van der Waals surface area contributed by atoms with Gasteiger partial charge in [-0.25, -0.2) is 4.98 Å². The summed E-state index contributed by atoms with van der Waals surface area (Å²) in [6.45, 7) is 0. The number of methoxy groups -OCH3 is 1. The number of rotatable bonds is 3. The maximum absolute atomic E-state index is 12.1. The first kappa shape index (κ1) is 13.8. The molecule has 1 heterocycles. The number of nitrogens with one attached hydrogen (secondary N) is 1. The quantitative estimate of drug-likeness (QED) is 0.865. The van der Waals surface area contributed by atoms with Crippen LogP contribution in [-0.4, -0.2) is 18.0 Å². The van der Waals surface area contributed by atoms with E-state index in [1.54, 1.807) is 24.3 Å². The number of benzene rings is 1. The summed E-state index contributed by atoms with van der Waals surface area (Å²) < 4.78 is 6.02. The molecule has 6 heteroatoms. The van der Waals surface area contributed by atoms with E-state index in [0.717, 1.165) is 4.47 Å². The van der Waals surface area contributed by atoms with Crippen molar-refractivity contribution in [2.75, 3.05) is 12.4 Å². The Morgan fingerprint density at radius 3 is 2.89 bits per heavy atom. The van der Waals surface area contributed by atoms with Crippen LogP contribution in [-0.2, 0) is 0 Å². The molecule has 0 spiro atoms. The predicted molar refractivity (Wildman–Crippen MR) is 77.9 cm³/mol. The third-order valence-electron chi connectivity index (χ3n) is 2.41. The Bertz CT molecular complexity index is 619. The second kappa shape index (κ2) is 6.04. The van der Waals surface area contributed by atoms with Gasteiger partial charge in [0.15, 0.2) is 0 Å². The zero-order valence-electron chi connectivity index (χ0n) is 9.98. The highest BCUT2D eigenvalue weighted by Crippen LogP contribution is 2.28. The molecule has 0 radical (unpaired) electrons. The number of hydrogen-bond acceptors (Lipinski definition) is 3. The molecule has 0 bridgehead atoms. The Morgan fingerprint density at radius 1 is 1.42 bits per heavy atom. The Hall–Kier alpha value is -1.59. The molecule has 19 heavy (non-hydrogen) atoms. The van der Waals surface area contributed by atoms with Crippen LogP contribution in [0.25, 0.3) is 0 Å². The molecule has 1 aromatic heterocycles. The van der Waals surface area contributed by atoms with E-state index < -0.39 is 0 Å². The van der Waals surface area contributed by atoms with Crippen molar-refractivity contribution in [3.05, 3.63) is 51.7 Å². The lowest BCUT2D eigenvalue weighted by Gasteiger charge is -2.11. The first-order valence-corrected chi connectivity index (χ1v) is 6.54. The lowest BCUT2D eigenvalue weighted by molar-refractivity contribution is 0.102. The molecule has 0 aliphatic carbocycles. The minimum absolute atomic E-state index is 0.161. The number of ether oxygens (including phenoxy) is 1. The van der Waals surface area contributed by atoms with Crippen molar-refractivity contribution >= 4 is 39.1 Å². The number of pyridine rings is 1. The van der Waals surface area contributed by atoms with E-state index in [0.29, 0.717) is 17.0 Å². The highest BCUT2D eigenvalue weighted by Gasteiger charge is 2.13. The highest BCUT2D eigenvalue weighted by molar-refractivity contribution is 9.10. The molecule has 1 N–H and O–H groups in total. The number of carbonyl (C=O) groups is 1. The van der Waals surface area contributed by atoms with E-state index in [9.17, 15) is 4.79 Å². The fraction of sp³-hybridized carbons (Fsp3) is 0.0769. The number of amides is 1. The van der Waals surface area contributed by atoms with E-state index in [4.69, 9.17) is 16.3 Å². The smallest absolute Gasteiger partial charge is 0.258 e. The molecular weight excluding hydrogens is 332 g/mol. The monoisotopic (exact) mass is 340 g/mol. The summed E-state index contributed by atoms with van der Waals surface area (Å²) in [6.07, 6.45) is 1.53. The van der Waals surface area contributed by atoms with Gasteiger partial charge < -0.3 is 10.1 Å². The molecule has 0 aliphatic rings. The van der Waals surface area contributed by atoms with Crippen molar-refractivity contribution < 1.29 is 9.53 Å². The van der Waals surface area contributed by atoms with Gasteiger partial charge in [-0.2, -0.15) is 0 Å². The summed E-state index contributed by atoms with van der Waals surface area (Å²) in [6, 6.07) is 8.59. The van der Waals surface area contributed by atoms with Crippen molar-refractivity contribution in [3.8, 4) is 5.75 Å². The molecule has 0 saturated heterocycles. The lowest BCUT2D eigenvalue weighted by atomic mass is 10.2. The summed E-state index contributed by atoms with van der Waals surface area (Å²) >= 11 is 9.22. The average Bonchev–Trinajstić information content (AvgIpc) is 2.39. The van der Waals surface area contributed by atoms with Gasteiger partial charge in [-0.15, -0.1) is 0 Å². The zero-order valence-corrected chi connectivity index (χ0v) is 12.3. The second-order valence-electron chi connectivity index (χ2n) is 3.64. The molecular formula is C13H10BrClN2O2. The van der Waals surface area contributed by atoms with E-state index in [-0.39, 0.29) is 11.1 Å². The summed E-state index contributed by atoms with van der Waals surface area (Å²) in [5.74, 6) is 0.228. The number of halogens is 2. The number of anilines is 1. The Morgan fingerprint density at radius 2 is 2.21 bits per heavy atom. The molecule has 4 nitrogen and oxygen atoms in total. The minimum atomic E-state index is -0.338. The molecule has 0 aliphatic heterocycles. The van der Waals surface area contributed by atoms with Crippen LogP contribution in [0, 0.1) is 0 Å². The molecule has 0 atom stereocenters. The molecule has 2 aromatic rings. The van der Waals surface area contributed by atoms with Gasteiger partial charge in [0.05, 0.1) is 18.4 Å². The Balaban J connectivity index is 2.29. The van der Waals surface area contributed by atoms with Gasteiger partial charge >= 0.3 is 0 Å². The van der Waals surface area contributed by atoms with Crippen LogP contribution >= 0.6 is 27.5 Å². The van der Waals surface area contributed by atoms with Crippen LogP contribution in [0.5, 0.6) is 5.75 Å². The van der Waals surface area contributed by atoms with Crippen LogP contribution in [0.1, 0.15) is 10.4 Å². The van der Waals surface area contributed by atoms with Gasteiger partial charge in [0.1, 0.15) is 10.9 Å². The van der Waals surface area contributed by atoms with Crippen LogP contribution in [0.4, 0.5) is 5.69 Å². The van der Waals surface area contributed by atoms with Gasteiger partial charge in [-0.05, 0) is 30.3 Å². The molecule has 0 unspecified atom stereocenters. The van der Waals surface area contributed by atoms with Gasteiger partial charge in [0, 0.05) is 10.7 Å². The molecule has 2 rings (SSSR count). The second-order valence-corrected chi connectivity index (χ2v) is 4.91. The average molecular weight is 342 g/mol. The van der Waals surface area contributed by atoms with Gasteiger partial charge in [0.2, 0.25) is 0 Å². The first-order valence-electron chi connectivity index (χ1n) is 5.37.